The summed E-state index contributed by atoms with van der Waals surface area (Å²) in [7, 11) is 0. The largest absolute Gasteiger partial charge is 0.457 e. The summed E-state index contributed by atoms with van der Waals surface area (Å²) in [5.74, 6) is 2.26. The number of likely N-dealkylation sites (tertiary alicyclic amines) is 1. The van der Waals surface area contributed by atoms with E-state index in [0.29, 0.717) is 29.7 Å². The summed E-state index contributed by atoms with van der Waals surface area (Å²) >= 11 is 5.48. The normalized spacial score (nSPS) is 18.1. The van der Waals surface area contributed by atoms with Crippen LogP contribution >= 0.6 is 11.6 Å². The number of rotatable bonds is 8. The van der Waals surface area contributed by atoms with Gasteiger partial charge in [-0.1, -0.05) is 31.4 Å². The van der Waals surface area contributed by atoms with Crippen molar-refractivity contribution in [1.82, 2.24) is 10.2 Å². The van der Waals surface area contributed by atoms with Crippen molar-refractivity contribution in [2.75, 3.05) is 13.1 Å². The van der Waals surface area contributed by atoms with Crippen LogP contribution in [0.4, 0.5) is 0 Å². The third-order valence-corrected chi connectivity index (χ3v) is 7.02. The minimum Gasteiger partial charge on any atom is -0.457 e. The molecule has 176 valence electrons. The number of piperidine rings is 1. The van der Waals surface area contributed by atoms with Gasteiger partial charge >= 0.3 is 0 Å². The fourth-order valence-electron chi connectivity index (χ4n) is 4.89. The number of ether oxygens (including phenoxy) is 1. The maximum atomic E-state index is 12.4. The van der Waals surface area contributed by atoms with E-state index in [1.54, 1.807) is 24.3 Å². The molecule has 0 radical (unpaired) electrons. The van der Waals surface area contributed by atoms with E-state index in [4.69, 9.17) is 16.3 Å². The molecule has 2 aromatic rings. The van der Waals surface area contributed by atoms with Crippen molar-refractivity contribution in [2.45, 2.75) is 64.0 Å². The fourth-order valence-corrected chi connectivity index (χ4v) is 5.01. The summed E-state index contributed by atoms with van der Waals surface area (Å²) in [6.07, 6.45) is 9.08. The van der Waals surface area contributed by atoms with Crippen LogP contribution in [0.1, 0.15) is 67.3 Å². The third-order valence-electron chi connectivity index (χ3n) is 6.80. The average Bonchev–Trinajstić information content (AvgIpc) is 2.82. The van der Waals surface area contributed by atoms with Crippen LogP contribution in [0.2, 0.25) is 0 Å². The molecule has 1 saturated heterocycles. The number of nitrogens with zero attached hydrogens (tertiary/aromatic N) is 1. The van der Waals surface area contributed by atoms with E-state index in [9.17, 15) is 9.59 Å². The average molecular weight is 469 g/mol. The van der Waals surface area contributed by atoms with Crippen LogP contribution in [0.5, 0.6) is 11.5 Å². The third kappa shape index (κ3) is 7.31. The Morgan fingerprint density at radius 1 is 0.879 bits per heavy atom. The Balaban J connectivity index is 1.18. The molecular formula is C27H33ClN2O3. The van der Waals surface area contributed by atoms with Gasteiger partial charge in [-0.3, -0.25) is 14.5 Å². The van der Waals surface area contributed by atoms with Gasteiger partial charge in [0.1, 0.15) is 11.5 Å². The Bertz CT molecular complexity index is 915. The van der Waals surface area contributed by atoms with Crippen molar-refractivity contribution in [3.63, 3.8) is 0 Å². The first-order valence-corrected chi connectivity index (χ1v) is 12.5. The van der Waals surface area contributed by atoms with Gasteiger partial charge in [-0.2, -0.15) is 0 Å². The quantitative estimate of drug-likeness (QED) is 0.489. The van der Waals surface area contributed by atoms with Crippen molar-refractivity contribution in [1.29, 1.82) is 0 Å². The Morgan fingerprint density at radius 3 is 2.09 bits per heavy atom. The van der Waals surface area contributed by atoms with Gasteiger partial charge in [0, 0.05) is 37.7 Å². The topological polar surface area (TPSA) is 58.6 Å². The number of carbonyl (C=O) groups is 2. The number of halogens is 1. The smallest absolute Gasteiger partial charge is 0.252 e. The standard InChI is InChI=1S/C27H33ClN2O3/c28-27(32)22-8-12-25(13-9-22)33-24-10-6-21(7-11-24)19-30-16-14-23(15-17-30)29-26(31)18-20-4-2-1-3-5-20/h6-13,20,23H,1-5,14-19H2,(H,29,31). The molecule has 33 heavy (non-hydrogen) atoms. The van der Waals surface area contributed by atoms with Crippen LogP contribution in [0.3, 0.4) is 0 Å². The zero-order valence-corrected chi connectivity index (χ0v) is 19.9. The van der Waals surface area contributed by atoms with E-state index in [2.05, 4.69) is 22.3 Å². The van der Waals surface area contributed by atoms with Crippen LogP contribution in [-0.2, 0) is 11.3 Å². The predicted molar refractivity (Wildman–Crippen MR) is 131 cm³/mol. The van der Waals surface area contributed by atoms with Crippen LogP contribution in [0.15, 0.2) is 48.5 Å². The van der Waals surface area contributed by atoms with Gasteiger partial charge in [0.2, 0.25) is 5.91 Å². The molecule has 1 aliphatic heterocycles. The monoisotopic (exact) mass is 468 g/mol. The molecule has 2 aliphatic rings. The molecule has 0 bridgehead atoms. The molecule has 6 heteroatoms. The van der Waals surface area contributed by atoms with E-state index >= 15 is 0 Å². The summed E-state index contributed by atoms with van der Waals surface area (Å²) < 4.78 is 5.86. The lowest BCUT2D eigenvalue weighted by Gasteiger charge is -2.32. The molecule has 5 nitrogen and oxygen atoms in total. The molecule has 0 unspecified atom stereocenters. The van der Waals surface area contributed by atoms with Crippen LogP contribution in [-0.4, -0.2) is 35.2 Å². The lowest BCUT2D eigenvalue weighted by molar-refractivity contribution is -0.123. The molecule has 1 N–H and O–H groups in total. The van der Waals surface area contributed by atoms with E-state index in [0.717, 1.165) is 38.2 Å². The highest BCUT2D eigenvalue weighted by Crippen LogP contribution is 2.27. The van der Waals surface area contributed by atoms with E-state index < -0.39 is 5.24 Å². The maximum Gasteiger partial charge on any atom is 0.252 e. The Hall–Kier alpha value is -2.37. The molecule has 1 saturated carbocycles. The van der Waals surface area contributed by atoms with Gasteiger partial charge < -0.3 is 10.1 Å². The van der Waals surface area contributed by atoms with E-state index in [-0.39, 0.29) is 5.91 Å². The second kappa shape index (κ2) is 11.7. The van der Waals surface area contributed by atoms with Gasteiger partial charge in [0.25, 0.3) is 5.24 Å². The van der Waals surface area contributed by atoms with Crippen molar-refractivity contribution >= 4 is 22.8 Å². The van der Waals surface area contributed by atoms with Gasteiger partial charge in [0.05, 0.1) is 0 Å². The number of hydrogen-bond donors (Lipinski definition) is 1. The van der Waals surface area contributed by atoms with E-state index in [1.165, 1.54) is 37.7 Å². The number of amides is 1. The van der Waals surface area contributed by atoms with Gasteiger partial charge in [-0.25, -0.2) is 0 Å². The zero-order chi connectivity index (χ0) is 23.0. The molecule has 2 fully saturated rings. The van der Waals surface area contributed by atoms with Crippen molar-refractivity contribution in [2.24, 2.45) is 5.92 Å². The number of hydrogen-bond acceptors (Lipinski definition) is 4. The van der Waals surface area contributed by atoms with Crippen LogP contribution < -0.4 is 10.1 Å². The summed E-state index contributed by atoms with van der Waals surface area (Å²) in [5, 5.41) is 2.81. The Morgan fingerprint density at radius 2 is 1.48 bits per heavy atom. The summed E-state index contributed by atoms with van der Waals surface area (Å²) in [4.78, 5) is 26.0. The summed E-state index contributed by atoms with van der Waals surface area (Å²) in [6, 6.07) is 15.2. The fraction of sp³-hybridized carbons (Fsp3) is 0.481. The number of benzene rings is 2. The highest BCUT2D eigenvalue weighted by molar-refractivity contribution is 6.67. The van der Waals surface area contributed by atoms with Gasteiger partial charge in [-0.05, 0) is 85.2 Å². The highest BCUT2D eigenvalue weighted by atomic mass is 35.5. The lowest BCUT2D eigenvalue weighted by atomic mass is 9.86. The molecule has 0 atom stereocenters. The first-order valence-electron chi connectivity index (χ1n) is 12.1. The zero-order valence-electron chi connectivity index (χ0n) is 19.1. The molecule has 1 aliphatic carbocycles. The SMILES string of the molecule is O=C(CC1CCCCC1)NC1CCN(Cc2ccc(Oc3ccc(C(=O)Cl)cc3)cc2)CC1. The molecule has 0 aromatic heterocycles. The van der Waals surface area contributed by atoms with Crippen molar-refractivity contribution < 1.29 is 14.3 Å². The van der Waals surface area contributed by atoms with Gasteiger partial charge in [-0.15, -0.1) is 0 Å². The highest BCUT2D eigenvalue weighted by Gasteiger charge is 2.23. The molecule has 2 aromatic carbocycles. The molecule has 1 heterocycles. The second-order valence-corrected chi connectivity index (χ2v) is 9.71. The minimum atomic E-state index is -0.475. The molecule has 4 rings (SSSR count). The van der Waals surface area contributed by atoms with Crippen molar-refractivity contribution in [3.05, 3.63) is 59.7 Å². The van der Waals surface area contributed by atoms with Gasteiger partial charge in [0.15, 0.2) is 0 Å². The first-order chi connectivity index (χ1) is 16.0. The maximum absolute atomic E-state index is 12.4. The molecule has 1 amide bonds. The molecular weight excluding hydrogens is 436 g/mol. The predicted octanol–water partition coefficient (Wildman–Crippen LogP) is 5.91. The Kier molecular flexibility index (Phi) is 8.40. The second-order valence-electron chi connectivity index (χ2n) is 9.37. The summed E-state index contributed by atoms with van der Waals surface area (Å²) in [6.45, 7) is 2.89. The molecule has 0 spiro atoms. The number of nitrogens with one attached hydrogen (secondary N) is 1. The number of carbonyl (C=O) groups excluding carboxylic acids is 2. The lowest BCUT2D eigenvalue weighted by Crippen LogP contribution is -2.44. The van der Waals surface area contributed by atoms with E-state index in [1.807, 2.05) is 12.1 Å². The minimum absolute atomic E-state index is 0.250. The first kappa shape index (κ1) is 23.8. The van der Waals surface area contributed by atoms with Crippen molar-refractivity contribution in [3.8, 4) is 11.5 Å². The van der Waals surface area contributed by atoms with Crippen LogP contribution in [0.25, 0.3) is 0 Å². The summed E-state index contributed by atoms with van der Waals surface area (Å²) in [5.41, 5.74) is 1.69. The Labute approximate surface area is 201 Å². The van der Waals surface area contributed by atoms with Crippen LogP contribution in [0, 0.1) is 5.92 Å².